The molecule has 2 atom stereocenters. The van der Waals surface area contributed by atoms with Gasteiger partial charge in [-0.3, -0.25) is 4.68 Å². The van der Waals surface area contributed by atoms with Crippen LogP contribution in [0.2, 0.25) is 0 Å². The minimum absolute atomic E-state index is 0.0631. The molecule has 0 aliphatic heterocycles. The molecule has 1 aromatic rings. The van der Waals surface area contributed by atoms with Crippen LogP contribution in [0.1, 0.15) is 51.4 Å². The molecule has 0 bridgehead atoms. The van der Waals surface area contributed by atoms with Crippen LogP contribution in [0.3, 0.4) is 0 Å². The minimum Gasteiger partial charge on any atom is -0.493 e. The lowest BCUT2D eigenvalue weighted by Crippen LogP contribution is -2.33. The molecular weight excluding hydrogens is 242 g/mol. The monoisotopic (exact) mass is 267 g/mol. The number of nitrogens with zero attached hydrogens (tertiary/aromatic N) is 2. The van der Waals surface area contributed by atoms with Crippen molar-refractivity contribution in [1.82, 2.24) is 9.78 Å². The summed E-state index contributed by atoms with van der Waals surface area (Å²) in [6, 6.07) is 0.0683. The van der Waals surface area contributed by atoms with Crippen molar-refractivity contribution < 1.29 is 9.47 Å². The Morgan fingerprint density at radius 3 is 2.63 bits per heavy atom. The van der Waals surface area contributed by atoms with Crippen molar-refractivity contribution in [2.75, 3.05) is 13.7 Å². The van der Waals surface area contributed by atoms with Crippen molar-refractivity contribution in [3.63, 3.8) is 0 Å². The van der Waals surface area contributed by atoms with Gasteiger partial charge in [0.2, 0.25) is 0 Å². The molecule has 1 aromatic heterocycles. The predicted molar refractivity (Wildman–Crippen MR) is 74.2 cm³/mol. The third kappa shape index (κ3) is 2.92. The van der Waals surface area contributed by atoms with Gasteiger partial charge in [0, 0.05) is 12.6 Å². The first kappa shape index (κ1) is 14.3. The summed E-state index contributed by atoms with van der Waals surface area (Å²) in [4.78, 5) is 0. The van der Waals surface area contributed by atoms with E-state index in [1.165, 1.54) is 12.8 Å². The van der Waals surface area contributed by atoms with Crippen LogP contribution in [0.15, 0.2) is 6.20 Å². The van der Waals surface area contributed by atoms with E-state index in [0.29, 0.717) is 12.5 Å². The topological polar surface area (TPSA) is 62.3 Å². The van der Waals surface area contributed by atoms with Crippen LogP contribution in [0, 0.1) is 5.92 Å². The zero-order chi connectivity index (χ0) is 14.0. The highest BCUT2D eigenvalue weighted by Crippen LogP contribution is 2.41. The van der Waals surface area contributed by atoms with E-state index in [2.05, 4.69) is 18.9 Å². The number of nitrogens with two attached hydrogens (primary N) is 1. The number of rotatable bonds is 7. The van der Waals surface area contributed by atoms with Crippen LogP contribution in [-0.4, -0.2) is 29.6 Å². The quantitative estimate of drug-likeness (QED) is 0.823. The van der Waals surface area contributed by atoms with Gasteiger partial charge in [0.25, 0.3) is 0 Å². The van der Waals surface area contributed by atoms with E-state index in [1.807, 2.05) is 11.6 Å². The van der Waals surface area contributed by atoms with Crippen molar-refractivity contribution in [2.24, 2.45) is 11.7 Å². The summed E-state index contributed by atoms with van der Waals surface area (Å²) in [5, 5.41) is 4.39. The molecule has 1 aliphatic rings. The normalized spacial score (nSPS) is 18.6. The molecule has 2 rings (SSSR count). The first-order valence-corrected chi connectivity index (χ1v) is 7.08. The first-order chi connectivity index (χ1) is 9.10. The van der Waals surface area contributed by atoms with Crippen molar-refractivity contribution in [1.29, 1.82) is 0 Å². The van der Waals surface area contributed by atoms with Crippen LogP contribution in [0.5, 0.6) is 5.75 Å². The van der Waals surface area contributed by atoms with Crippen LogP contribution >= 0.6 is 0 Å². The third-order valence-electron chi connectivity index (χ3n) is 3.62. The maximum atomic E-state index is 6.46. The Kier molecular flexibility index (Phi) is 4.47. The Morgan fingerprint density at radius 2 is 2.16 bits per heavy atom. The van der Waals surface area contributed by atoms with Gasteiger partial charge in [0.15, 0.2) is 5.75 Å². The SMILES string of the molecule is CCOC(C1CC1)C(N)c1c(OC)cnn1C(C)C. The van der Waals surface area contributed by atoms with E-state index in [0.717, 1.165) is 11.4 Å². The maximum absolute atomic E-state index is 6.46. The fourth-order valence-corrected chi connectivity index (χ4v) is 2.55. The first-order valence-electron chi connectivity index (χ1n) is 7.08. The van der Waals surface area contributed by atoms with Gasteiger partial charge >= 0.3 is 0 Å². The molecule has 0 saturated heterocycles. The van der Waals surface area contributed by atoms with Crippen LogP contribution in [-0.2, 0) is 4.74 Å². The van der Waals surface area contributed by atoms with E-state index in [1.54, 1.807) is 13.3 Å². The number of hydrogen-bond donors (Lipinski definition) is 1. The zero-order valence-electron chi connectivity index (χ0n) is 12.3. The second kappa shape index (κ2) is 5.92. The lowest BCUT2D eigenvalue weighted by Gasteiger charge is -2.26. The molecule has 108 valence electrons. The Morgan fingerprint density at radius 1 is 1.47 bits per heavy atom. The molecule has 1 fully saturated rings. The van der Waals surface area contributed by atoms with Crippen molar-refractivity contribution in [2.45, 2.75) is 51.8 Å². The van der Waals surface area contributed by atoms with E-state index >= 15 is 0 Å². The molecule has 1 aliphatic carbocycles. The molecule has 0 aromatic carbocycles. The summed E-state index contributed by atoms with van der Waals surface area (Å²) < 4.78 is 13.2. The highest BCUT2D eigenvalue weighted by atomic mass is 16.5. The molecule has 0 spiro atoms. The molecule has 2 N–H and O–H groups in total. The second-order valence-corrected chi connectivity index (χ2v) is 5.42. The fraction of sp³-hybridized carbons (Fsp3) is 0.786. The number of aromatic nitrogens is 2. The van der Waals surface area contributed by atoms with Crippen LogP contribution in [0.4, 0.5) is 0 Å². The van der Waals surface area contributed by atoms with Gasteiger partial charge in [0.05, 0.1) is 25.5 Å². The molecule has 5 nitrogen and oxygen atoms in total. The van der Waals surface area contributed by atoms with E-state index < -0.39 is 0 Å². The molecule has 0 amide bonds. The number of hydrogen-bond acceptors (Lipinski definition) is 4. The van der Waals surface area contributed by atoms with Gasteiger partial charge in [-0.05, 0) is 39.5 Å². The average molecular weight is 267 g/mol. The summed E-state index contributed by atoms with van der Waals surface area (Å²) in [7, 11) is 1.66. The van der Waals surface area contributed by atoms with Gasteiger partial charge in [0.1, 0.15) is 5.69 Å². The van der Waals surface area contributed by atoms with Crippen LogP contribution < -0.4 is 10.5 Å². The van der Waals surface area contributed by atoms with Gasteiger partial charge in [-0.15, -0.1) is 0 Å². The Labute approximate surface area is 115 Å². The number of methoxy groups -OCH3 is 1. The van der Waals surface area contributed by atoms with E-state index in [4.69, 9.17) is 15.2 Å². The molecule has 1 saturated carbocycles. The van der Waals surface area contributed by atoms with Crippen molar-refractivity contribution in [3.8, 4) is 5.75 Å². The smallest absolute Gasteiger partial charge is 0.161 e. The standard InChI is InChI=1S/C14H25N3O2/c1-5-19-14(10-6-7-10)12(15)13-11(18-4)8-16-17(13)9(2)3/h8-10,12,14H,5-7,15H2,1-4H3. The Hall–Kier alpha value is -1.07. The largest absolute Gasteiger partial charge is 0.493 e. The molecule has 2 unspecified atom stereocenters. The second-order valence-electron chi connectivity index (χ2n) is 5.42. The minimum atomic E-state index is -0.188. The highest BCUT2D eigenvalue weighted by molar-refractivity contribution is 5.30. The van der Waals surface area contributed by atoms with Crippen LogP contribution in [0.25, 0.3) is 0 Å². The zero-order valence-corrected chi connectivity index (χ0v) is 12.3. The summed E-state index contributed by atoms with van der Waals surface area (Å²) in [5.74, 6) is 1.33. The fourth-order valence-electron chi connectivity index (χ4n) is 2.55. The summed E-state index contributed by atoms with van der Waals surface area (Å²) in [6.45, 7) is 6.89. The van der Waals surface area contributed by atoms with Crippen molar-refractivity contribution >= 4 is 0 Å². The Bertz CT molecular complexity index is 413. The predicted octanol–water partition coefficient (Wildman–Crippen LogP) is 2.29. The van der Waals surface area contributed by atoms with E-state index in [9.17, 15) is 0 Å². The van der Waals surface area contributed by atoms with Gasteiger partial charge in [-0.1, -0.05) is 0 Å². The summed E-state index contributed by atoms with van der Waals surface area (Å²) in [6.07, 6.45) is 4.21. The molecule has 0 radical (unpaired) electrons. The number of ether oxygens (including phenoxy) is 2. The van der Waals surface area contributed by atoms with Gasteiger partial charge in [-0.2, -0.15) is 5.10 Å². The summed E-state index contributed by atoms with van der Waals surface area (Å²) in [5.41, 5.74) is 7.41. The average Bonchev–Trinajstić information content (AvgIpc) is 3.12. The summed E-state index contributed by atoms with van der Waals surface area (Å²) >= 11 is 0. The van der Waals surface area contributed by atoms with Crippen molar-refractivity contribution in [3.05, 3.63) is 11.9 Å². The highest BCUT2D eigenvalue weighted by Gasteiger charge is 2.39. The van der Waals surface area contributed by atoms with E-state index in [-0.39, 0.29) is 18.2 Å². The van der Waals surface area contributed by atoms with Gasteiger partial charge in [-0.25, -0.2) is 0 Å². The molecule has 19 heavy (non-hydrogen) atoms. The molecular formula is C14H25N3O2. The molecule has 5 heteroatoms. The Balaban J connectivity index is 2.29. The lowest BCUT2D eigenvalue weighted by molar-refractivity contribution is 0.0255. The lowest BCUT2D eigenvalue weighted by atomic mass is 10.0. The third-order valence-corrected chi connectivity index (χ3v) is 3.62. The maximum Gasteiger partial charge on any atom is 0.161 e. The molecule has 1 heterocycles. The van der Waals surface area contributed by atoms with Gasteiger partial charge < -0.3 is 15.2 Å².